The van der Waals surface area contributed by atoms with Gasteiger partial charge in [0.2, 0.25) is 0 Å². The maximum absolute atomic E-state index is 5.50. The summed E-state index contributed by atoms with van der Waals surface area (Å²) >= 11 is 0. The average Bonchev–Trinajstić information content (AvgIpc) is 3.10. The van der Waals surface area contributed by atoms with E-state index in [0.717, 1.165) is 16.9 Å². The van der Waals surface area contributed by atoms with Crippen LogP contribution >= 0.6 is 0 Å². The molecule has 0 radical (unpaired) electrons. The van der Waals surface area contributed by atoms with Crippen molar-refractivity contribution in [1.29, 1.82) is 0 Å². The Morgan fingerprint density at radius 1 is 0.833 bits per heavy atom. The molecule has 0 N–H and O–H groups in total. The molecule has 3 aromatic rings. The van der Waals surface area contributed by atoms with Crippen LogP contribution in [0, 0.1) is 6.92 Å². The zero-order valence-corrected chi connectivity index (χ0v) is 14.1. The molecule has 1 heterocycles. The van der Waals surface area contributed by atoms with Crippen LogP contribution in [0.15, 0.2) is 42.6 Å². The van der Waals surface area contributed by atoms with Crippen molar-refractivity contribution in [3.8, 4) is 34.2 Å². The number of hydrogen-bond acceptors (Lipinski definition) is 5. The summed E-state index contributed by atoms with van der Waals surface area (Å²) in [6.45, 7) is 2.05. The standard InChI is InChI=1S/C18H19N3O3/c1-12-5-7-13(8-6-12)15-11-19-20-21(15)14-9-17(23-3)18(24-4)10-16(14)22-2/h5-11H,1-4H3. The molecular weight excluding hydrogens is 306 g/mol. The molecule has 0 atom stereocenters. The van der Waals surface area contributed by atoms with Gasteiger partial charge in [0.15, 0.2) is 11.5 Å². The van der Waals surface area contributed by atoms with Gasteiger partial charge >= 0.3 is 0 Å². The molecule has 0 bridgehead atoms. The summed E-state index contributed by atoms with van der Waals surface area (Å²) < 4.78 is 17.9. The minimum Gasteiger partial charge on any atom is -0.494 e. The Balaban J connectivity index is 2.16. The quantitative estimate of drug-likeness (QED) is 0.720. The highest BCUT2D eigenvalue weighted by Gasteiger charge is 2.17. The van der Waals surface area contributed by atoms with E-state index >= 15 is 0 Å². The first kappa shape index (κ1) is 15.9. The van der Waals surface area contributed by atoms with Crippen LogP contribution in [0.1, 0.15) is 5.56 Å². The van der Waals surface area contributed by atoms with E-state index in [4.69, 9.17) is 14.2 Å². The van der Waals surface area contributed by atoms with E-state index < -0.39 is 0 Å². The van der Waals surface area contributed by atoms with Gasteiger partial charge in [-0.2, -0.15) is 0 Å². The van der Waals surface area contributed by atoms with E-state index in [-0.39, 0.29) is 0 Å². The van der Waals surface area contributed by atoms with Gasteiger partial charge in [-0.1, -0.05) is 35.0 Å². The first-order chi connectivity index (χ1) is 11.7. The van der Waals surface area contributed by atoms with Gasteiger partial charge in [0.1, 0.15) is 11.4 Å². The second-order valence-electron chi connectivity index (χ2n) is 5.28. The number of methoxy groups -OCH3 is 3. The van der Waals surface area contributed by atoms with E-state index in [1.54, 1.807) is 38.3 Å². The van der Waals surface area contributed by atoms with Gasteiger partial charge < -0.3 is 14.2 Å². The van der Waals surface area contributed by atoms with Crippen LogP contribution in [0.3, 0.4) is 0 Å². The summed E-state index contributed by atoms with van der Waals surface area (Å²) in [7, 11) is 4.79. The van der Waals surface area contributed by atoms with Gasteiger partial charge in [-0.05, 0) is 6.92 Å². The second-order valence-corrected chi connectivity index (χ2v) is 5.28. The molecule has 0 unspecified atom stereocenters. The Morgan fingerprint density at radius 2 is 1.46 bits per heavy atom. The lowest BCUT2D eigenvalue weighted by Gasteiger charge is -2.15. The fourth-order valence-electron chi connectivity index (χ4n) is 2.51. The molecule has 0 saturated carbocycles. The number of ether oxygens (including phenoxy) is 3. The SMILES string of the molecule is COc1cc(OC)c(-n2nncc2-c2ccc(C)cc2)cc1OC. The zero-order chi connectivity index (χ0) is 17.1. The van der Waals surface area contributed by atoms with E-state index in [1.807, 2.05) is 18.2 Å². The fraction of sp³-hybridized carbons (Fsp3) is 0.222. The molecule has 6 heteroatoms. The maximum atomic E-state index is 5.50. The lowest BCUT2D eigenvalue weighted by atomic mass is 10.1. The molecule has 0 aliphatic heterocycles. The number of benzene rings is 2. The van der Waals surface area contributed by atoms with Gasteiger partial charge in [-0.25, -0.2) is 4.68 Å². The van der Waals surface area contributed by atoms with Gasteiger partial charge in [0, 0.05) is 17.7 Å². The maximum Gasteiger partial charge on any atom is 0.164 e. The van der Waals surface area contributed by atoms with E-state index in [0.29, 0.717) is 17.2 Å². The number of aromatic nitrogens is 3. The molecule has 0 spiro atoms. The number of rotatable bonds is 5. The first-order valence-corrected chi connectivity index (χ1v) is 7.46. The van der Waals surface area contributed by atoms with Crippen LogP contribution in [-0.2, 0) is 0 Å². The highest BCUT2D eigenvalue weighted by atomic mass is 16.5. The molecule has 6 nitrogen and oxygen atoms in total. The second kappa shape index (κ2) is 6.62. The lowest BCUT2D eigenvalue weighted by Crippen LogP contribution is -2.04. The molecule has 0 aliphatic carbocycles. The van der Waals surface area contributed by atoms with Crippen molar-refractivity contribution >= 4 is 0 Å². The van der Waals surface area contributed by atoms with Crippen molar-refractivity contribution in [2.75, 3.05) is 21.3 Å². The Labute approximate surface area is 140 Å². The Kier molecular flexibility index (Phi) is 4.37. The molecule has 0 saturated heterocycles. The minimum absolute atomic E-state index is 0.593. The van der Waals surface area contributed by atoms with Gasteiger partial charge in [-0.3, -0.25) is 0 Å². The van der Waals surface area contributed by atoms with Gasteiger partial charge in [0.25, 0.3) is 0 Å². The van der Waals surface area contributed by atoms with Crippen molar-refractivity contribution < 1.29 is 14.2 Å². The van der Waals surface area contributed by atoms with Crippen molar-refractivity contribution in [1.82, 2.24) is 15.0 Å². The number of aryl methyl sites for hydroxylation is 1. The van der Waals surface area contributed by atoms with Crippen molar-refractivity contribution in [3.05, 3.63) is 48.2 Å². The van der Waals surface area contributed by atoms with Crippen molar-refractivity contribution in [2.24, 2.45) is 0 Å². The Morgan fingerprint density at radius 3 is 2.08 bits per heavy atom. The summed E-state index contributed by atoms with van der Waals surface area (Å²) in [5.74, 6) is 1.81. The normalized spacial score (nSPS) is 10.5. The predicted octanol–water partition coefficient (Wildman–Crippen LogP) is 3.27. The van der Waals surface area contributed by atoms with Gasteiger partial charge in [0.05, 0.1) is 33.2 Å². The summed E-state index contributed by atoms with van der Waals surface area (Å²) in [4.78, 5) is 0. The van der Waals surface area contributed by atoms with Gasteiger partial charge in [-0.15, -0.1) is 5.10 Å². The molecule has 124 valence electrons. The smallest absolute Gasteiger partial charge is 0.164 e. The summed E-state index contributed by atoms with van der Waals surface area (Å²) in [6.07, 6.45) is 1.72. The van der Waals surface area contributed by atoms with Crippen LogP contribution in [0.5, 0.6) is 17.2 Å². The topological polar surface area (TPSA) is 58.4 Å². The van der Waals surface area contributed by atoms with Crippen LogP contribution < -0.4 is 14.2 Å². The highest BCUT2D eigenvalue weighted by Crippen LogP contribution is 2.37. The van der Waals surface area contributed by atoms with E-state index in [1.165, 1.54) is 5.56 Å². The molecule has 0 aliphatic rings. The molecule has 2 aromatic carbocycles. The largest absolute Gasteiger partial charge is 0.494 e. The molecule has 1 aromatic heterocycles. The molecule has 0 amide bonds. The summed E-state index contributed by atoms with van der Waals surface area (Å²) in [6, 6.07) is 11.8. The van der Waals surface area contributed by atoms with Crippen LogP contribution in [0.4, 0.5) is 0 Å². The van der Waals surface area contributed by atoms with Crippen LogP contribution in [-0.4, -0.2) is 36.3 Å². The lowest BCUT2D eigenvalue weighted by molar-refractivity contribution is 0.348. The molecular formula is C18H19N3O3. The predicted molar refractivity (Wildman–Crippen MR) is 91.2 cm³/mol. The third-order valence-electron chi connectivity index (χ3n) is 3.81. The third-order valence-corrected chi connectivity index (χ3v) is 3.81. The number of nitrogens with zero attached hydrogens (tertiary/aromatic N) is 3. The first-order valence-electron chi connectivity index (χ1n) is 7.46. The zero-order valence-electron chi connectivity index (χ0n) is 14.1. The molecule has 0 fully saturated rings. The number of hydrogen-bond donors (Lipinski definition) is 0. The van der Waals surface area contributed by atoms with Crippen LogP contribution in [0.25, 0.3) is 16.9 Å². The van der Waals surface area contributed by atoms with Crippen molar-refractivity contribution in [2.45, 2.75) is 6.92 Å². The molecule has 24 heavy (non-hydrogen) atoms. The minimum atomic E-state index is 0.593. The molecule has 3 rings (SSSR count). The van der Waals surface area contributed by atoms with E-state index in [9.17, 15) is 0 Å². The van der Waals surface area contributed by atoms with E-state index in [2.05, 4.69) is 29.4 Å². The fourth-order valence-corrected chi connectivity index (χ4v) is 2.51. The summed E-state index contributed by atoms with van der Waals surface area (Å²) in [5.41, 5.74) is 3.80. The monoisotopic (exact) mass is 325 g/mol. The Bertz CT molecular complexity index is 841. The van der Waals surface area contributed by atoms with Crippen molar-refractivity contribution in [3.63, 3.8) is 0 Å². The summed E-state index contributed by atoms with van der Waals surface area (Å²) in [5, 5.41) is 8.27. The Hall–Kier alpha value is -3.02. The van der Waals surface area contributed by atoms with Crippen LogP contribution in [0.2, 0.25) is 0 Å². The third kappa shape index (κ3) is 2.78. The average molecular weight is 325 g/mol. The highest BCUT2D eigenvalue weighted by molar-refractivity contribution is 5.65.